The molecule has 1 aromatic heterocycles. The van der Waals surface area contributed by atoms with E-state index in [4.69, 9.17) is 23.2 Å². The molecule has 20 heavy (non-hydrogen) atoms. The van der Waals surface area contributed by atoms with Crippen LogP contribution in [0.1, 0.15) is 15.9 Å². The minimum atomic E-state index is -0.645. The van der Waals surface area contributed by atoms with Crippen molar-refractivity contribution in [2.45, 2.75) is 6.54 Å². The lowest BCUT2D eigenvalue weighted by molar-refractivity contribution is 0.0780. The zero-order chi connectivity index (χ0) is 14.7. The Morgan fingerprint density at radius 1 is 1.30 bits per heavy atom. The Morgan fingerprint density at radius 2 is 1.95 bits per heavy atom. The first-order valence-electron chi connectivity index (χ1n) is 5.77. The summed E-state index contributed by atoms with van der Waals surface area (Å²) in [6.07, 6.45) is 2.39. The zero-order valence-electron chi connectivity index (χ0n) is 10.6. The lowest BCUT2D eigenvalue weighted by Gasteiger charge is -2.18. The molecule has 2 aromatic rings. The van der Waals surface area contributed by atoms with Crippen molar-refractivity contribution in [3.8, 4) is 0 Å². The van der Waals surface area contributed by atoms with E-state index < -0.39 is 11.7 Å². The Bertz CT molecular complexity index is 629. The normalized spacial score (nSPS) is 10.4. The van der Waals surface area contributed by atoms with Crippen LogP contribution in [0, 0.1) is 5.82 Å². The molecular formula is C14H11Cl2FN2O. The maximum absolute atomic E-state index is 13.5. The molecule has 0 saturated heterocycles. The van der Waals surface area contributed by atoms with Gasteiger partial charge in [-0.1, -0.05) is 23.2 Å². The minimum absolute atomic E-state index is 0.0179. The quantitative estimate of drug-likeness (QED) is 0.863. The number of carbonyl (C=O) groups is 1. The van der Waals surface area contributed by atoms with Gasteiger partial charge in [0, 0.05) is 29.8 Å². The van der Waals surface area contributed by atoms with Crippen LogP contribution in [-0.2, 0) is 6.54 Å². The molecular weight excluding hydrogens is 302 g/mol. The highest BCUT2D eigenvalue weighted by Gasteiger charge is 2.16. The highest BCUT2D eigenvalue weighted by atomic mass is 35.5. The number of pyridine rings is 1. The molecule has 0 saturated carbocycles. The molecule has 0 spiro atoms. The molecule has 0 aliphatic rings. The number of amides is 1. The Hall–Kier alpha value is -1.65. The van der Waals surface area contributed by atoms with Gasteiger partial charge < -0.3 is 4.90 Å². The number of hydrogen-bond donors (Lipinski definition) is 0. The summed E-state index contributed by atoms with van der Waals surface area (Å²) in [4.78, 5) is 17.1. The Morgan fingerprint density at radius 3 is 2.55 bits per heavy atom. The van der Waals surface area contributed by atoms with Gasteiger partial charge in [0.2, 0.25) is 0 Å². The van der Waals surface area contributed by atoms with Crippen molar-refractivity contribution in [2.75, 3.05) is 7.05 Å². The number of benzene rings is 1. The average Bonchev–Trinajstić information content (AvgIpc) is 2.37. The van der Waals surface area contributed by atoms with Crippen LogP contribution >= 0.6 is 23.2 Å². The second kappa shape index (κ2) is 6.20. The second-order valence-corrected chi connectivity index (χ2v) is 5.17. The second-order valence-electron chi connectivity index (χ2n) is 4.29. The maximum Gasteiger partial charge on any atom is 0.256 e. The molecule has 0 radical (unpaired) electrons. The Balaban J connectivity index is 2.18. The van der Waals surface area contributed by atoms with E-state index >= 15 is 0 Å². The predicted molar refractivity (Wildman–Crippen MR) is 76.5 cm³/mol. The van der Waals surface area contributed by atoms with E-state index in [1.54, 1.807) is 25.2 Å². The standard InChI is InChI=1S/C14H11Cl2FN2O/c1-19(8-9-4-10(15)6-11(16)5-9)14(20)12-2-3-18-7-13(12)17/h2-7H,8H2,1H3. The molecule has 1 amide bonds. The predicted octanol–water partition coefficient (Wildman–Crippen LogP) is 3.80. The van der Waals surface area contributed by atoms with Crippen molar-refractivity contribution < 1.29 is 9.18 Å². The van der Waals surface area contributed by atoms with Gasteiger partial charge in [0.25, 0.3) is 5.91 Å². The van der Waals surface area contributed by atoms with Crippen LogP contribution < -0.4 is 0 Å². The topological polar surface area (TPSA) is 33.2 Å². The van der Waals surface area contributed by atoms with Gasteiger partial charge in [0.05, 0.1) is 11.8 Å². The van der Waals surface area contributed by atoms with Crippen LogP contribution in [0.3, 0.4) is 0 Å². The van der Waals surface area contributed by atoms with E-state index in [2.05, 4.69) is 4.98 Å². The molecule has 0 bridgehead atoms. The van der Waals surface area contributed by atoms with Gasteiger partial charge in [-0.15, -0.1) is 0 Å². The number of aromatic nitrogens is 1. The van der Waals surface area contributed by atoms with Crippen molar-refractivity contribution in [3.63, 3.8) is 0 Å². The van der Waals surface area contributed by atoms with Gasteiger partial charge in [-0.25, -0.2) is 4.39 Å². The number of nitrogens with zero attached hydrogens (tertiary/aromatic N) is 2. The van der Waals surface area contributed by atoms with E-state index in [-0.39, 0.29) is 12.1 Å². The van der Waals surface area contributed by atoms with Crippen LogP contribution in [-0.4, -0.2) is 22.8 Å². The lowest BCUT2D eigenvalue weighted by atomic mass is 10.2. The molecule has 0 aliphatic carbocycles. The van der Waals surface area contributed by atoms with Gasteiger partial charge in [-0.2, -0.15) is 0 Å². The van der Waals surface area contributed by atoms with E-state index in [1.807, 2.05) is 0 Å². The van der Waals surface area contributed by atoms with Crippen molar-refractivity contribution in [1.29, 1.82) is 0 Å². The number of rotatable bonds is 3. The van der Waals surface area contributed by atoms with Crippen LogP contribution in [0.5, 0.6) is 0 Å². The summed E-state index contributed by atoms with van der Waals surface area (Å²) in [5, 5.41) is 0.979. The first-order chi connectivity index (χ1) is 9.47. The Labute approximate surface area is 125 Å². The van der Waals surface area contributed by atoms with E-state index in [0.29, 0.717) is 10.0 Å². The van der Waals surface area contributed by atoms with Crippen LogP contribution in [0.15, 0.2) is 36.7 Å². The monoisotopic (exact) mass is 312 g/mol. The van der Waals surface area contributed by atoms with Gasteiger partial charge in [-0.05, 0) is 29.8 Å². The summed E-state index contributed by atoms with van der Waals surface area (Å²) in [6, 6.07) is 6.37. The molecule has 104 valence electrons. The SMILES string of the molecule is CN(Cc1cc(Cl)cc(Cl)c1)C(=O)c1ccncc1F. The van der Waals surface area contributed by atoms with Crippen molar-refractivity contribution in [1.82, 2.24) is 9.88 Å². The largest absolute Gasteiger partial charge is 0.337 e. The van der Waals surface area contributed by atoms with Crippen LogP contribution in [0.25, 0.3) is 0 Å². The average molecular weight is 313 g/mol. The summed E-state index contributed by atoms with van der Waals surface area (Å²) in [5.41, 5.74) is 0.753. The summed E-state index contributed by atoms with van der Waals surface area (Å²) >= 11 is 11.8. The van der Waals surface area contributed by atoms with Crippen LogP contribution in [0.4, 0.5) is 4.39 Å². The van der Waals surface area contributed by atoms with E-state index in [1.165, 1.54) is 17.2 Å². The molecule has 1 aromatic carbocycles. The fourth-order valence-corrected chi connectivity index (χ4v) is 2.37. The van der Waals surface area contributed by atoms with E-state index in [9.17, 15) is 9.18 Å². The number of carbonyl (C=O) groups excluding carboxylic acids is 1. The highest BCUT2D eigenvalue weighted by Crippen LogP contribution is 2.20. The summed E-state index contributed by atoms with van der Waals surface area (Å²) < 4.78 is 13.5. The first kappa shape index (κ1) is 14.8. The molecule has 0 atom stereocenters. The molecule has 3 nitrogen and oxygen atoms in total. The van der Waals surface area contributed by atoms with Gasteiger partial charge >= 0.3 is 0 Å². The van der Waals surface area contributed by atoms with Crippen molar-refractivity contribution in [2.24, 2.45) is 0 Å². The van der Waals surface area contributed by atoms with Crippen LogP contribution in [0.2, 0.25) is 10.0 Å². The summed E-state index contributed by atoms with van der Waals surface area (Å²) in [7, 11) is 1.58. The lowest BCUT2D eigenvalue weighted by Crippen LogP contribution is -2.27. The Kier molecular flexibility index (Phi) is 4.57. The van der Waals surface area contributed by atoms with Gasteiger partial charge in [-0.3, -0.25) is 9.78 Å². The number of halogens is 3. The van der Waals surface area contributed by atoms with Crippen molar-refractivity contribution in [3.05, 3.63) is 63.6 Å². The minimum Gasteiger partial charge on any atom is -0.337 e. The molecule has 0 fully saturated rings. The third kappa shape index (κ3) is 3.46. The molecule has 0 aliphatic heterocycles. The van der Waals surface area contributed by atoms with Gasteiger partial charge in [0.1, 0.15) is 0 Å². The molecule has 1 heterocycles. The van der Waals surface area contributed by atoms with E-state index in [0.717, 1.165) is 11.8 Å². The summed E-state index contributed by atoms with van der Waals surface area (Å²) in [6.45, 7) is 0.279. The molecule has 6 heteroatoms. The smallest absolute Gasteiger partial charge is 0.256 e. The molecule has 0 N–H and O–H groups in total. The fourth-order valence-electron chi connectivity index (χ4n) is 1.80. The third-order valence-electron chi connectivity index (χ3n) is 2.69. The third-order valence-corrected chi connectivity index (χ3v) is 3.13. The first-order valence-corrected chi connectivity index (χ1v) is 6.53. The van der Waals surface area contributed by atoms with Crippen molar-refractivity contribution >= 4 is 29.1 Å². The number of hydrogen-bond acceptors (Lipinski definition) is 2. The fraction of sp³-hybridized carbons (Fsp3) is 0.143. The zero-order valence-corrected chi connectivity index (χ0v) is 12.1. The highest BCUT2D eigenvalue weighted by molar-refractivity contribution is 6.34. The summed E-state index contributed by atoms with van der Waals surface area (Å²) in [5.74, 6) is -1.07. The maximum atomic E-state index is 13.5. The molecule has 2 rings (SSSR count). The van der Waals surface area contributed by atoms with Gasteiger partial charge in [0.15, 0.2) is 5.82 Å². The molecule has 0 unspecified atom stereocenters.